The van der Waals surface area contributed by atoms with Crippen LogP contribution in [0.3, 0.4) is 0 Å². The van der Waals surface area contributed by atoms with Crippen molar-refractivity contribution in [2.75, 3.05) is 33.4 Å². The molecule has 0 N–H and O–H groups in total. The van der Waals surface area contributed by atoms with Crippen molar-refractivity contribution in [1.29, 1.82) is 0 Å². The summed E-state index contributed by atoms with van der Waals surface area (Å²) in [5.41, 5.74) is 4.79. The number of aryl methyl sites for hydroxylation is 1. The second-order valence-electron chi connectivity index (χ2n) is 7.66. The van der Waals surface area contributed by atoms with E-state index in [0.717, 1.165) is 17.1 Å². The van der Waals surface area contributed by atoms with Crippen molar-refractivity contribution in [1.82, 2.24) is 14.8 Å². The van der Waals surface area contributed by atoms with E-state index in [9.17, 15) is 9.59 Å². The summed E-state index contributed by atoms with van der Waals surface area (Å²) in [5.74, 6) is 0.758. The molecule has 0 bridgehead atoms. The number of rotatable bonds is 10. The summed E-state index contributed by atoms with van der Waals surface area (Å²) in [7, 11) is 8.93. The molecule has 1 aromatic rings. The number of likely N-dealkylation sites (N-methyl/N-ethyl adjacent to an activating group) is 2. The van der Waals surface area contributed by atoms with Gasteiger partial charge in [0.05, 0.1) is 6.04 Å². The molecule has 158 valence electrons. The minimum absolute atomic E-state index is 0.0544. The van der Waals surface area contributed by atoms with Crippen molar-refractivity contribution in [2.24, 2.45) is 5.92 Å². The topological polar surface area (TPSA) is 53.5 Å². The molecule has 0 radical (unpaired) electrons. The molecule has 0 saturated heterocycles. The number of amides is 1. The first-order valence-corrected chi connectivity index (χ1v) is 12.0. The van der Waals surface area contributed by atoms with E-state index in [-0.39, 0.29) is 23.7 Å². The summed E-state index contributed by atoms with van der Waals surface area (Å²) in [6.45, 7) is 12.4. The normalized spacial score (nSPS) is 13.5. The van der Waals surface area contributed by atoms with Gasteiger partial charge in [-0.25, -0.2) is 4.98 Å². The van der Waals surface area contributed by atoms with Gasteiger partial charge in [0.1, 0.15) is 10.8 Å². The Balaban J connectivity index is 2.78. The smallest absolute Gasteiger partial charge is 0.240 e. The van der Waals surface area contributed by atoms with Crippen LogP contribution in [0.4, 0.5) is 0 Å². The average molecular weight is 426 g/mol. The fraction of sp³-hybridized carbons (Fsp3) is 0.667. The Kier molecular flexibility index (Phi) is 10.0. The lowest BCUT2D eigenvalue weighted by Crippen LogP contribution is -2.47. The number of hydrogen-bond acceptors (Lipinski definition) is 6. The van der Waals surface area contributed by atoms with Crippen molar-refractivity contribution >= 4 is 33.3 Å². The van der Waals surface area contributed by atoms with Gasteiger partial charge in [-0.2, -0.15) is 0 Å². The molecule has 0 aliphatic carbocycles. The molecule has 0 fully saturated rings. The maximum Gasteiger partial charge on any atom is 0.240 e. The summed E-state index contributed by atoms with van der Waals surface area (Å²) in [4.78, 5) is 33.0. The van der Waals surface area contributed by atoms with Crippen molar-refractivity contribution in [3.63, 3.8) is 0 Å². The molecule has 0 saturated carbocycles. The quantitative estimate of drug-likeness (QED) is 0.527. The molecule has 0 aliphatic rings. The second kappa shape index (κ2) is 11.2. The second-order valence-corrected chi connectivity index (χ2v) is 9.99. The number of Topliss-reactive ketones (excluding diaryl/α,β-unsaturated/α-hetero) is 1. The van der Waals surface area contributed by atoms with Crippen LogP contribution in [0.1, 0.15) is 42.7 Å². The highest BCUT2D eigenvalue weighted by atomic mass is 33.1. The maximum absolute atomic E-state index is 13.0. The van der Waals surface area contributed by atoms with Crippen LogP contribution >= 0.6 is 21.6 Å². The largest absolute Gasteiger partial charge is 0.344 e. The Hall–Kier alpha value is -1.05. The fourth-order valence-corrected chi connectivity index (χ4v) is 5.54. The van der Waals surface area contributed by atoms with Gasteiger partial charge in [-0.1, -0.05) is 17.7 Å². The zero-order chi connectivity index (χ0) is 21.6. The molecule has 0 spiro atoms. The number of carbonyl (C=O) groups excluding carboxylic acids is 2. The molecular formula is C21H35N3O2S2. The third-order valence-electron chi connectivity index (χ3n) is 5.47. The van der Waals surface area contributed by atoms with E-state index in [1.165, 1.54) is 16.7 Å². The number of ketones is 1. The first-order chi connectivity index (χ1) is 13.0. The van der Waals surface area contributed by atoms with Gasteiger partial charge < -0.3 is 4.90 Å². The van der Waals surface area contributed by atoms with Crippen molar-refractivity contribution in [2.45, 2.75) is 59.0 Å². The number of nitrogens with zero attached hydrogens (tertiary/aromatic N) is 3. The lowest BCUT2D eigenvalue weighted by atomic mass is 10.0. The van der Waals surface area contributed by atoms with E-state index in [4.69, 9.17) is 4.98 Å². The first kappa shape index (κ1) is 25.0. The predicted octanol–water partition coefficient (Wildman–Crippen LogP) is 4.06. The summed E-state index contributed by atoms with van der Waals surface area (Å²) >= 11 is 0. The van der Waals surface area contributed by atoms with Gasteiger partial charge in [0.25, 0.3) is 0 Å². The van der Waals surface area contributed by atoms with Gasteiger partial charge >= 0.3 is 0 Å². The minimum Gasteiger partial charge on any atom is -0.344 e. The zero-order valence-corrected chi connectivity index (χ0v) is 20.4. The van der Waals surface area contributed by atoms with E-state index in [1.807, 2.05) is 32.8 Å². The van der Waals surface area contributed by atoms with E-state index < -0.39 is 0 Å². The average Bonchev–Trinajstić information content (AvgIpc) is 2.63. The van der Waals surface area contributed by atoms with Gasteiger partial charge in [0, 0.05) is 31.0 Å². The fourth-order valence-electron chi connectivity index (χ4n) is 2.93. The van der Waals surface area contributed by atoms with Crippen LogP contribution in [0, 0.1) is 33.6 Å². The maximum atomic E-state index is 13.0. The standard InChI is InChI=1S/C21H35N3O2S2/c1-10-18(17(6)25)11-24(9)21(26)19(23(7)8)12-27-28-20-15(4)13(2)14(3)16(5)22-20/h18-19H,10-12H2,1-9H3. The summed E-state index contributed by atoms with van der Waals surface area (Å²) < 4.78 is 0. The summed E-state index contributed by atoms with van der Waals surface area (Å²) in [6, 6.07) is -0.236. The van der Waals surface area contributed by atoms with Crippen LogP contribution in [-0.4, -0.2) is 66.0 Å². The number of hydrogen-bond donors (Lipinski definition) is 0. The van der Waals surface area contributed by atoms with Crippen molar-refractivity contribution in [3.05, 3.63) is 22.4 Å². The molecule has 1 amide bonds. The monoisotopic (exact) mass is 425 g/mol. The molecule has 0 aliphatic heterocycles. The van der Waals surface area contributed by atoms with Crippen molar-refractivity contribution < 1.29 is 9.59 Å². The van der Waals surface area contributed by atoms with Gasteiger partial charge in [0.15, 0.2) is 0 Å². The van der Waals surface area contributed by atoms with Gasteiger partial charge in [-0.3, -0.25) is 14.5 Å². The van der Waals surface area contributed by atoms with Crippen LogP contribution in [0.2, 0.25) is 0 Å². The molecular weight excluding hydrogens is 390 g/mol. The summed E-state index contributed by atoms with van der Waals surface area (Å²) in [5, 5.41) is 1.02. The van der Waals surface area contributed by atoms with Crippen LogP contribution in [0.25, 0.3) is 0 Å². The van der Waals surface area contributed by atoms with Crippen LogP contribution < -0.4 is 0 Å². The SMILES string of the molecule is CCC(CN(C)C(=O)C(CSSc1nc(C)c(C)c(C)c1C)N(C)C)C(C)=O. The number of pyridine rings is 1. The van der Waals surface area contributed by atoms with Crippen LogP contribution in [0.5, 0.6) is 0 Å². The lowest BCUT2D eigenvalue weighted by Gasteiger charge is -2.29. The van der Waals surface area contributed by atoms with E-state index in [1.54, 1.807) is 40.5 Å². The molecule has 1 rings (SSSR count). The summed E-state index contributed by atoms with van der Waals surface area (Å²) in [6.07, 6.45) is 0.751. The third-order valence-corrected chi connectivity index (χ3v) is 7.83. The van der Waals surface area contributed by atoms with E-state index in [2.05, 4.69) is 20.8 Å². The molecule has 5 nitrogen and oxygen atoms in total. The highest BCUT2D eigenvalue weighted by molar-refractivity contribution is 8.76. The molecule has 7 heteroatoms. The zero-order valence-electron chi connectivity index (χ0n) is 18.8. The Morgan fingerprint density at radius 2 is 1.64 bits per heavy atom. The third kappa shape index (κ3) is 6.49. The van der Waals surface area contributed by atoms with Gasteiger partial charge in [-0.15, -0.1) is 0 Å². The molecule has 2 atom stereocenters. The van der Waals surface area contributed by atoms with Crippen LogP contribution in [-0.2, 0) is 9.59 Å². The Morgan fingerprint density at radius 1 is 1.04 bits per heavy atom. The molecule has 0 aromatic carbocycles. The Labute approximate surface area is 178 Å². The van der Waals surface area contributed by atoms with E-state index in [0.29, 0.717) is 12.3 Å². The highest BCUT2D eigenvalue weighted by Gasteiger charge is 2.27. The Morgan fingerprint density at radius 3 is 2.14 bits per heavy atom. The number of aromatic nitrogens is 1. The minimum atomic E-state index is -0.236. The van der Waals surface area contributed by atoms with Crippen molar-refractivity contribution in [3.8, 4) is 0 Å². The molecule has 28 heavy (non-hydrogen) atoms. The Bertz CT molecular complexity index is 707. The van der Waals surface area contributed by atoms with E-state index >= 15 is 0 Å². The highest BCUT2D eigenvalue weighted by Crippen LogP contribution is 2.35. The first-order valence-electron chi connectivity index (χ1n) is 9.66. The molecule has 2 unspecified atom stereocenters. The molecule has 1 aromatic heterocycles. The lowest BCUT2D eigenvalue weighted by molar-refractivity contribution is -0.135. The van der Waals surface area contributed by atoms with Gasteiger partial charge in [-0.05, 0) is 82.6 Å². The number of carbonyl (C=O) groups is 2. The van der Waals surface area contributed by atoms with Gasteiger partial charge in [0.2, 0.25) is 5.91 Å². The molecule has 1 heterocycles. The van der Waals surface area contributed by atoms with Crippen LogP contribution in [0.15, 0.2) is 5.03 Å². The predicted molar refractivity (Wildman–Crippen MR) is 121 cm³/mol.